The zero-order valence-corrected chi connectivity index (χ0v) is 21.2. The topological polar surface area (TPSA) is 46.6 Å². The highest BCUT2D eigenvalue weighted by Crippen LogP contribution is 2.49. The standard InChI is InChI=1S/C28H29NO3S2/c1-19(22-13-7-4-8-14-22)29-26(25(27(29)31)20(2)32-21(3)30)28(33-23-15-9-5-10-16-23)34-24-17-11-6-12-18-24/h4-20,25-26,28H,1-3H3/t19-,20-,25-,26+/m0/s1. The number of esters is 1. The van der Waals surface area contributed by atoms with Gasteiger partial charge in [-0.1, -0.05) is 66.7 Å². The summed E-state index contributed by atoms with van der Waals surface area (Å²) in [6, 6.07) is 30.4. The van der Waals surface area contributed by atoms with E-state index in [4.69, 9.17) is 4.74 Å². The summed E-state index contributed by atoms with van der Waals surface area (Å²) in [6.07, 6.45) is -0.496. The van der Waals surface area contributed by atoms with Crippen molar-refractivity contribution in [1.82, 2.24) is 4.90 Å². The van der Waals surface area contributed by atoms with E-state index in [1.165, 1.54) is 6.92 Å². The van der Waals surface area contributed by atoms with Gasteiger partial charge in [0.2, 0.25) is 5.91 Å². The van der Waals surface area contributed by atoms with Gasteiger partial charge in [0.15, 0.2) is 0 Å². The van der Waals surface area contributed by atoms with Crippen molar-refractivity contribution in [2.24, 2.45) is 5.92 Å². The van der Waals surface area contributed by atoms with E-state index in [0.29, 0.717) is 0 Å². The van der Waals surface area contributed by atoms with Crippen LogP contribution in [0.4, 0.5) is 0 Å². The normalized spacial score (nSPS) is 19.4. The molecule has 176 valence electrons. The number of hydrogen-bond donors (Lipinski definition) is 0. The van der Waals surface area contributed by atoms with Gasteiger partial charge < -0.3 is 9.64 Å². The molecule has 1 saturated heterocycles. The van der Waals surface area contributed by atoms with Crippen LogP contribution in [0.15, 0.2) is 101 Å². The van der Waals surface area contributed by atoms with Crippen molar-refractivity contribution in [3.63, 3.8) is 0 Å². The predicted octanol–water partition coefficient (Wildman–Crippen LogP) is 6.44. The van der Waals surface area contributed by atoms with Crippen LogP contribution in [0.1, 0.15) is 32.4 Å². The Morgan fingerprint density at radius 1 is 0.824 bits per heavy atom. The number of carbonyl (C=O) groups is 2. The Bertz CT molecular complexity index is 1050. The van der Waals surface area contributed by atoms with Gasteiger partial charge in [0.1, 0.15) is 6.10 Å². The molecule has 1 heterocycles. The second-order valence-electron chi connectivity index (χ2n) is 8.39. The Morgan fingerprint density at radius 3 is 1.76 bits per heavy atom. The lowest BCUT2D eigenvalue weighted by molar-refractivity contribution is -0.174. The molecule has 1 amide bonds. The Morgan fingerprint density at radius 2 is 1.29 bits per heavy atom. The van der Waals surface area contributed by atoms with Gasteiger partial charge in [-0.3, -0.25) is 9.59 Å². The van der Waals surface area contributed by atoms with Crippen LogP contribution in [-0.4, -0.2) is 33.5 Å². The number of nitrogens with zero attached hydrogens (tertiary/aromatic N) is 1. The van der Waals surface area contributed by atoms with Crippen molar-refractivity contribution in [2.45, 2.75) is 53.3 Å². The van der Waals surface area contributed by atoms with Crippen molar-refractivity contribution in [1.29, 1.82) is 0 Å². The van der Waals surface area contributed by atoms with Crippen LogP contribution in [0.25, 0.3) is 0 Å². The van der Waals surface area contributed by atoms with Crippen LogP contribution in [-0.2, 0) is 14.3 Å². The number of amides is 1. The first-order chi connectivity index (χ1) is 16.5. The third-order valence-electron chi connectivity index (χ3n) is 6.06. The molecule has 3 aromatic carbocycles. The molecule has 4 atom stereocenters. The van der Waals surface area contributed by atoms with Gasteiger partial charge in [-0.05, 0) is 43.7 Å². The van der Waals surface area contributed by atoms with E-state index >= 15 is 0 Å². The van der Waals surface area contributed by atoms with E-state index in [1.807, 2.05) is 66.4 Å². The largest absolute Gasteiger partial charge is 0.462 e. The molecule has 3 aromatic rings. The molecular formula is C28H29NO3S2. The summed E-state index contributed by atoms with van der Waals surface area (Å²) >= 11 is 3.51. The minimum Gasteiger partial charge on any atom is -0.462 e. The van der Waals surface area contributed by atoms with E-state index in [-0.39, 0.29) is 28.5 Å². The number of β-lactam (4-membered cyclic amide) rings is 1. The Hall–Kier alpha value is -2.70. The van der Waals surface area contributed by atoms with Crippen LogP contribution in [0.3, 0.4) is 0 Å². The number of likely N-dealkylation sites (tertiary alicyclic amines) is 1. The summed E-state index contributed by atoms with van der Waals surface area (Å²) in [7, 11) is 0. The van der Waals surface area contributed by atoms with Gasteiger partial charge in [0, 0.05) is 16.7 Å². The Kier molecular flexibility index (Phi) is 8.01. The average Bonchev–Trinajstić information content (AvgIpc) is 2.83. The van der Waals surface area contributed by atoms with Crippen molar-refractivity contribution in [3.05, 3.63) is 96.6 Å². The molecule has 4 rings (SSSR count). The van der Waals surface area contributed by atoms with E-state index in [1.54, 1.807) is 23.5 Å². The molecule has 1 fully saturated rings. The lowest BCUT2D eigenvalue weighted by Crippen LogP contribution is -2.67. The van der Waals surface area contributed by atoms with Gasteiger partial charge in [-0.25, -0.2) is 0 Å². The molecule has 0 aromatic heterocycles. The van der Waals surface area contributed by atoms with Gasteiger partial charge in [0.05, 0.1) is 22.6 Å². The van der Waals surface area contributed by atoms with Crippen LogP contribution in [0.2, 0.25) is 0 Å². The fourth-order valence-corrected chi connectivity index (χ4v) is 7.34. The Labute approximate surface area is 210 Å². The molecule has 0 spiro atoms. The number of rotatable bonds is 9. The summed E-state index contributed by atoms with van der Waals surface area (Å²) in [5.41, 5.74) is 1.09. The quantitative estimate of drug-likeness (QED) is 0.149. The van der Waals surface area contributed by atoms with E-state index in [9.17, 15) is 9.59 Å². The molecular weight excluding hydrogens is 462 g/mol. The monoisotopic (exact) mass is 491 g/mol. The molecule has 34 heavy (non-hydrogen) atoms. The van der Waals surface area contributed by atoms with E-state index in [0.717, 1.165) is 15.4 Å². The molecule has 6 heteroatoms. The number of benzene rings is 3. The van der Waals surface area contributed by atoms with Crippen molar-refractivity contribution in [2.75, 3.05) is 0 Å². The SMILES string of the molecule is CC(=O)O[C@@H](C)[C@@H]1C(=O)N([C@@H](C)c2ccccc2)[C@H]1C(Sc1ccccc1)Sc1ccccc1. The zero-order chi connectivity index (χ0) is 24.1. The van der Waals surface area contributed by atoms with Gasteiger partial charge >= 0.3 is 5.97 Å². The molecule has 0 saturated carbocycles. The summed E-state index contributed by atoms with van der Waals surface area (Å²) in [5.74, 6) is -0.730. The highest BCUT2D eigenvalue weighted by Gasteiger charge is 2.56. The lowest BCUT2D eigenvalue weighted by atomic mass is 9.81. The van der Waals surface area contributed by atoms with Crippen LogP contribution in [0, 0.1) is 5.92 Å². The predicted molar refractivity (Wildman–Crippen MR) is 139 cm³/mol. The summed E-state index contributed by atoms with van der Waals surface area (Å²) in [4.78, 5) is 29.5. The summed E-state index contributed by atoms with van der Waals surface area (Å²) in [6.45, 7) is 5.30. The summed E-state index contributed by atoms with van der Waals surface area (Å²) in [5, 5.41) is 0. The van der Waals surface area contributed by atoms with Crippen molar-refractivity contribution < 1.29 is 14.3 Å². The number of thioether (sulfide) groups is 2. The average molecular weight is 492 g/mol. The maximum absolute atomic E-state index is 13.5. The molecule has 1 aliphatic rings. The lowest BCUT2D eigenvalue weighted by Gasteiger charge is -2.54. The Balaban J connectivity index is 1.71. The van der Waals surface area contributed by atoms with Crippen molar-refractivity contribution >= 4 is 35.4 Å². The van der Waals surface area contributed by atoms with Gasteiger partial charge in [-0.2, -0.15) is 0 Å². The molecule has 0 unspecified atom stereocenters. The van der Waals surface area contributed by atoms with Crippen LogP contribution < -0.4 is 0 Å². The molecule has 4 nitrogen and oxygen atoms in total. The van der Waals surface area contributed by atoms with Gasteiger partial charge in [-0.15, -0.1) is 23.5 Å². The highest BCUT2D eigenvalue weighted by molar-refractivity contribution is 8.17. The van der Waals surface area contributed by atoms with Gasteiger partial charge in [0.25, 0.3) is 0 Å². The van der Waals surface area contributed by atoms with E-state index in [2.05, 4.69) is 43.3 Å². The third kappa shape index (κ3) is 5.50. The molecule has 0 N–H and O–H groups in total. The number of hydrogen-bond acceptors (Lipinski definition) is 5. The molecule has 0 radical (unpaired) electrons. The number of carbonyl (C=O) groups excluding carboxylic acids is 2. The third-order valence-corrected chi connectivity index (χ3v) is 8.74. The molecule has 0 aliphatic carbocycles. The number of ether oxygens (including phenoxy) is 1. The molecule has 0 bridgehead atoms. The second-order valence-corrected chi connectivity index (χ2v) is 11.1. The maximum atomic E-state index is 13.5. The fourth-order valence-electron chi connectivity index (χ4n) is 4.44. The zero-order valence-electron chi connectivity index (χ0n) is 19.5. The minimum atomic E-state index is -0.496. The van der Waals surface area contributed by atoms with Crippen LogP contribution in [0.5, 0.6) is 0 Å². The van der Waals surface area contributed by atoms with E-state index < -0.39 is 12.0 Å². The first-order valence-corrected chi connectivity index (χ1v) is 13.2. The minimum absolute atomic E-state index is 0.0108. The highest BCUT2D eigenvalue weighted by atomic mass is 32.2. The van der Waals surface area contributed by atoms with Crippen molar-refractivity contribution in [3.8, 4) is 0 Å². The summed E-state index contributed by atoms with van der Waals surface area (Å²) < 4.78 is 5.55. The smallest absolute Gasteiger partial charge is 0.302 e. The second kappa shape index (κ2) is 11.2. The molecule has 1 aliphatic heterocycles. The first kappa shape index (κ1) is 24.4. The first-order valence-electron chi connectivity index (χ1n) is 11.4. The van der Waals surface area contributed by atoms with Crippen LogP contribution >= 0.6 is 23.5 Å². The maximum Gasteiger partial charge on any atom is 0.302 e. The fraction of sp³-hybridized carbons (Fsp3) is 0.286.